The molecule has 0 aromatic heterocycles. The molecule has 4 atom stereocenters. The Morgan fingerprint density at radius 2 is 1.18 bits per heavy atom. The van der Waals surface area contributed by atoms with Gasteiger partial charge in [0.05, 0.1) is 11.8 Å². The Kier molecular flexibility index (Phi) is 8.46. The van der Waals surface area contributed by atoms with E-state index in [1.807, 2.05) is 24.3 Å². The van der Waals surface area contributed by atoms with E-state index in [-0.39, 0.29) is 36.7 Å². The maximum Gasteiger partial charge on any atom is 0.307 e. The summed E-state index contributed by atoms with van der Waals surface area (Å²) < 4.78 is 0. The van der Waals surface area contributed by atoms with Gasteiger partial charge in [0.25, 0.3) is 0 Å². The van der Waals surface area contributed by atoms with E-state index < -0.39 is 23.8 Å². The van der Waals surface area contributed by atoms with Gasteiger partial charge in [-0.2, -0.15) is 0 Å². The van der Waals surface area contributed by atoms with Gasteiger partial charge in [-0.25, -0.2) is 0 Å². The Hall–Kier alpha value is -3.76. The van der Waals surface area contributed by atoms with E-state index >= 15 is 0 Å². The van der Waals surface area contributed by atoms with Crippen LogP contribution in [0.1, 0.15) is 24.0 Å². The summed E-state index contributed by atoms with van der Waals surface area (Å²) in [6, 6.07) is 14.5. The number of hydrogen-bond acceptors (Lipinski definition) is 6. The van der Waals surface area contributed by atoms with Gasteiger partial charge in [0.2, 0.25) is 11.8 Å². The molecule has 3 heterocycles. The molecule has 212 valence electrons. The van der Waals surface area contributed by atoms with Crippen LogP contribution in [0.5, 0.6) is 0 Å². The first-order chi connectivity index (χ1) is 19.3. The Labute approximate surface area is 233 Å². The summed E-state index contributed by atoms with van der Waals surface area (Å²) >= 11 is 0. The molecule has 0 radical (unpaired) electrons. The van der Waals surface area contributed by atoms with Crippen LogP contribution in [0, 0.1) is 23.7 Å². The molecule has 3 aliphatic heterocycles. The third-order valence-corrected chi connectivity index (χ3v) is 8.51. The Morgan fingerprint density at radius 1 is 0.750 bits per heavy atom. The van der Waals surface area contributed by atoms with Crippen LogP contribution in [-0.4, -0.2) is 73.2 Å². The zero-order valence-electron chi connectivity index (χ0n) is 22.4. The summed E-state index contributed by atoms with van der Waals surface area (Å²) in [6.07, 6.45) is 2.36. The normalized spacial score (nSPS) is 22.9. The number of aliphatic carboxylic acids is 2. The maximum atomic E-state index is 13.2. The zero-order chi connectivity index (χ0) is 28.2. The van der Waals surface area contributed by atoms with Crippen LogP contribution in [-0.2, 0) is 32.0 Å². The minimum Gasteiger partial charge on any atom is -0.481 e. The zero-order valence-corrected chi connectivity index (χ0v) is 22.4. The summed E-state index contributed by atoms with van der Waals surface area (Å²) in [5, 5.41) is 26.1. The summed E-state index contributed by atoms with van der Waals surface area (Å²) in [5.74, 6) is -3.04. The van der Waals surface area contributed by atoms with Crippen molar-refractivity contribution in [3.05, 3.63) is 59.7 Å². The van der Waals surface area contributed by atoms with Crippen molar-refractivity contribution in [3.63, 3.8) is 0 Å². The largest absolute Gasteiger partial charge is 0.481 e. The molecule has 2 aromatic rings. The van der Waals surface area contributed by atoms with Gasteiger partial charge >= 0.3 is 11.9 Å². The Balaban J connectivity index is 1.28. The molecule has 0 spiro atoms. The van der Waals surface area contributed by atoms with E-state index in [2.05, 4.69) is 10.6 Å². The molecule has 2 aromatic carbocycles. The number of carbonyl (C=O) groups is 4. The molecule has 0 bridgehead atoms. The van der Waals surface area contributed by atoms with E-state index in [0.717, 1.165) is 37.1 Å². The molecular weight excluding hydrogens is 512 g/mol. The van der Waals surface area contributed by atoms with Crippen LogP contribution in [0.3, 0.4) is 0 Å². The molecule has 3 aliphatic rings. The number of carbonyl (C=O) groups excluding carboxylic acids is 2. The minimum absolute atomic E-state index is 0.0595. The van der Waals surface area contributed by atoms with Crippen molar-refractivity contribution in [1.82, 2.24) is 10.6 Å². The monoisotopic (exact) mass is 548 g/mol. The number of carboxylic acids is 2. The molecular formula is C30H36N4O6. The van der Waals surface area contributed by atoms with Crippen molar-refractivity contribution in [1.29, 1.82) is 0 Å². The molecule has 0 saturated carbocycles. The van der Waals surface area contributed by atoms with E-state index in [1.54, 1.807) is 24.3 Å². The number of nitrogens with one attached hydrogen (secondary N) is 2. The Morgan fingerprint density at radius 3 is 1.52 bits per heavy atom. The molecule has 2 amide bonds. The predicted molar refractivity (Wildman–Crippen MR) is 149 cm³/mol. The first-order valence-corrected chi connectivity index (χ1v) is 14.0. The van der Waals surface area contributed by atoms with Gasteiger partial charge in [-0.1, -0.05) is 24.3 Å². The lowest BCUT2D eigenvalue weighted by atomic mass is 9.86. The SMILES string of the molecule is O=C(O)[C@@H](Cc1cccc(N2CC(=O)N(c3cccc(C[C@H](C(=O)O)[C@H]4CCNC4)c3)CC2=O)c1)[C@H]1CCNC1. The first-order valence-electron chi connectivity index (χ1n) is 14.0. The van der Waals surface area contributed by atoms with Crippen LogP contribution in [0.4, 0.5) is 11.4 Å². The van der Waals surface area contributed by atoms with E-state index in [4.69, 9.17) is 0 Å². The van der Waals surface area contributed by atoms with Gasteiger partial charge in [-0.05, 0) is 99.1 Å². The standard InChI is InChI=1S/C30H36N4O6/c35-27-18-34(24-6-2-4-20(12-24)14-26(30(39)40)22-8-10-32-16-22)28(36)17-33(27)23-5-1-3-19(11-23)13-25(29(37)38)21-7-9-31-15-21/h1-6,11-12,21-22,25-26,31-32H,7-10,13-18H2,(H,37,38)(H,39,40)/t21-,22-,25-,26-/m0/s1. The number of anilines is 2. The lowest BCUT2D eigenvalue weighted by Gasteiger charge is -2.34. The van der Waals surface area contributed by atoms with Gasteiger partial charge in [0, 0.05) is 11.4 Å². The fourth-order valence-corrected chi connectivity index (χ4v) is 6.25. The van der Waals surface area contributed by atoms with E-state index in [0.29, 0.717) is 37.3 Å². The number of amides is 2. The average Bonchev–Trinajstić information content (AvgIpc) is 3.66. The summed E-state index contributed by atoms with van der Waals surface area (Å²) in [6.45, 7) is 2.73. The average molecular weight is 549 g/mol. The highest BCUT2D eigenvalue weighted by Gasteiger charge is 2.34. The fourth-order valence-electron chi connectivity index (χ4n) is 6.25. The van der Waals surface area contributed by atoms with Crippen LogP contribution >= 0.6 is 0 Å². The third-order valence-electron chi connectivity index (χ3n) is 8.51. The summed E-state index contributed by atoms with van der Waals surface area (Å²) in [5.41, 5.74) is 2.79. The molecule has 4 N–H and O–H groups in total. The number of carboxylic acid groups (broad SMARTS) is 2. The second-order valence-corrected chi connectivity index (χ2v) is 11.1. The topological polar surface area (TPSA) is 139 Å². The number of rotatable bonds is 10. The summed E-state index contributed by atoms with van der Waals surface area (Å²) in [4.78, 5) is 53.3. The van der Waals surface area contributed by atoms with Crippen molar-refractivity contribution >= 4 is 35.1 Å². The molecule has 40 heavy (non-hydrogen) atoms. The molecule has 0 unspecified atom stereocenters. The predicted octanol–water partition coefficient (Wildman–Crippen LogP) is 1.77. The molecule has 3 saturated heterocycles. The van der Waals surface area contributed by atoms with Crippen LogP contribution in [0.15, 0.2) is 48.5 Å². The lowest BCUT2D eigenvalue weighted by molar-refractivity contribution is -0.144. The van der Waals surface area contributed by atoms with Crippen LogP contribution < -0.4 is 20.4 Å². The highest BCUT2D eigenvalue weighted by Crippen LogP contribution is 2.29. The number of hydrogen-bond donors (Lipinski definition) is 4. The van der Waals surface area contributed by atoms with Gasteiger partial charge in [0.15, 0.2) is 0 Å². The molecule has 0 aliphatic carbocycles. The van der Waals surface area contributed by atoms with Crippen molar-refractivity contribution < 1.29 is 29.4 Å². The summed E-state index contributed by atoms with van der Waals surface area (Å²) in [7, 11) is 0. The van der Waals surface area contributed by atoms with Crippen LogP contribution in [0.2, 0.25) is 0 Å². The Bertz CT molecular complexity index is 1170. The molecule has 5 rings (SSSR count). The van der Waals surface area contributed by atoms with E-state index in [1.165, 1.54) is 9.80 Å². The van der Waals surface area contributed by atoms with Crippen molar-refractivity contribution in [2.75, 3.05) is 49.1 Å². The highest BCUT2D eigenvalue weighted by atomic mass is 16.4. The quantitative estimate of drug-likeness (QED) is 0.352. The van der Waals surface area contributed by atoms with Gasteiger partial charge < -0.3 is 30.6 Å². The number of piperazine rings is 1. The van der Waals surface area contributed by atoms with Gasteiger partial charge in [-0.15, -0.1) is 0 Å². The third kappa shape index (κ3) is 6.18. The first kappa shape index (κ1) is 27.8. The van der Waals surface area contributed by atoms with Crippen molar-refractivity contribution in [2.45, 2.75) is 25.7 Å². The maximum absolute atomic E-state index is 13.2. The number of benzene rings is 2. The van der Waals surface area contributed by atoms with E-state index in [9.17, 15) is 29.4 Å². The van der Waals surface area contributed by atoms with Gasteiger partial charge in [0.1, 0.15) is 13.1 Å². The lowest BCUT2D eigenvalue weighted by Crippen LogP contribution is -2.54. The minimum atomic E-state index is -0.823. The van der Waals surface area contributed by atoms with Crippen molar-refractivity contribution in [2.24, 2.45) is 23.7 Å². The second-order valence-electron chi connectivity index (χ2n) is 11.1. The highest BCUT2D eigenvalue weighted by molar-refractivity contribution is 6.12. The molecule has 10 nitrogen and oxygen atoms in total. The fraction of sp³-hybridized carbons (Fsp3) is 0.467. The smallest absolute Gasteiger partial charge is 0.307 e. The van der Waals surface area contributed by atoms with Crippen molar-refractivity contribution in [3.8, 4) is 0 Å². The number of nitrogens with zero attached hydrogens (tertiary/aromatic N) is 2. The second kappa shape index (κ2) is 12.2. The molecule has 10 heteroatoms. The van der Waals surface area contributed by atoms with Crippen LogP contribution in [0.25, 0.3) is 0 Å². The van der Waals surface area contributed by atoms with Gasteiger partial charge in [-0.3, -0.25) is 19.2 Å². The molecule has 3 fully saturated rings.